The van der Waals surface area contributed by atoms with Gasteiger partial charge in [0.2, 0.25) is 5.82 Å². The largest absolute Gasteiger partial charge is 0.461 e. The predicted molar refractivity (Wildman–Crippen MR) is 88.6 cm³/mol. The van der Waals surface area contributed by atoms with Gasteiger partial charge < -0.3 is 4.42 Å². The van der Waals surface area contributed by atoms with E-state index in [0.29, 0.717) is 6.04 Å². The van der Waals surface area contributed by atoms with Gasteiger partial charge in [-0.3, -0.25) is 4.57 Å². The molecule has 0 atom stereocenters. The van der Waals surface area contributed by atoms with E-state index in [1.165, 1.54) is 42.6 Å². The first-order valence-corrected chi connectivity index (χ1v) is 9.37. The lowest BCUT2D eigenvalue weighted by Gasteiger charge is -2.24. The second-order valence-corrected chi connectivity index (χ2v) is 7.62. The standard InChI is InChI=1S/C15H17N5OS2/c1-10-16-15(23-19-10)22-14-18-17-13(12-8-5-9-21-12)20(14)11-6-3-2-4-7-11/h5,8-9,11H,2-4,6-7H2,1H3. The van der Waals surface area contributed by atoms with Crippen molar-refractivity contribution in [2.75, 3.05) is 0 Å². The molecule has 0 bridgehead atoms. The number of aryl methyl sites for hydroxylation is 1. The van der Waals surface area contributed by atoms with Crippen LogP contribution in [0.5, 0.6) is 0 Å². The van der Waals surface area contributed by atoms with Crippen LogP contribution in [0.25, 0.3) is 11.6 Å². The Bertz CT molecular complexity index is 774. The summed E-state index contributed by atoms with van der Waals surface area (Å²) >= 11 is 2.94. The minimum Gasteiger partial charge on any atom is -0.461 e. The summed E-state index contributed by atoms with van der Waals surface area (Å²) in [5.41, 5.74) is 0. The minimum absolute atomic E-state index is 0.426. The third kappa shape index (κ3) is 3.05. The first-order valence-electron chi connectivity index (χ1n) is 7.78. The molecule has 120 valence electrons. The fourth-order valence-electron chi connectivity index (χ4n) is 2.99. The fourth-order valence-corrected chi connectivity index (χ4v) is 4.64. The average Bonchev–Trinajstić information content (AvgIpc) is 3.29. The first kappa shape index (κ1) is 14.9. The Balaban J connectivity index is 1.72. The maximum atomic E-state index is 5.56. The molecule has 0 aliphatic heterocycles. The van der Waals surface area contributed by atoms with Gasteiger partial charge in [-0.05, 0) is 55.2 Å². The molecule has 0 saturated heterocycles. The molecule has 3 heterocycles. The number of nitrogens with zero attached hydrogens (tertiary/aromatic N) is 5. The van der Waals surface area contributed by atoms with Crippen LogP contribution >= 0.6 is 23.3 Å². The second kappa shape index (κ2) is 6.45. The summed E-state index contributed by atoms with van der Waals surface area (Å²) < 4.78 is 12.9. The molecule has 6 nitrogen and oxygen atoms in total. The van der Waals surface area contributed by atoms with Gasteiger partial charge in [0.25, 0.3) is 0 Å². The average molecular weight is 347 g/mol. The molecular weight excluding hydrogens is 330 g/mol. The molecule has 1 saturated carbocycles. The van der Waals surface area contributed by atoms with Crippen molar-refractivity contribution >= 4 is 23.3 Å². The van der Waals surface area contributed by atoms with Gasteiger partial charge in [0.05, 0.1) is 6.26 Å². The molecule has 1 aliphatic carbocycles. The lowest BCUT2D eigenvalue weighted by Crippen LogP contribution is -2.15. The number of rotatable bonds is 4. The van der Waals surface area contributed by atoms with Crippen LogP contribution in [-0.2, 0) is 0 Å². The summed E-state index contributed by atoms with van der Waals surface area (Å²) in [6.07, 6.45) is 7.82. The summed E-state index contributed by atoms with van der Waals surface area (Å²) in [5.74, 6) is 2.38. The van der Waals surface area contributed by atoms with E-state index in [0.717, 1.165) is 39.7 Å². The van der Waals surface area contributed by atoms with E-state index in [1.807, 2.05) is 19.1 Å². The topological polar surface area (TPSA) is 69.6 Å². The summed E-state index contributed by atoms with van der Waals surface area (Å²) in [4.78, 5) is 4.43. The third-order valence-corrected chi connectivity index (χ3v) is 5.84. The highest BCUT2D eigenvalue weighted by Gasteiger charge is 2.25. The molecule has 0 unspecified atom stereocenters. The molecule has 0 radical (unpaired) electrons. The zero-order chi connectivity index (χ0) is 15.6. The zero-order valence-electron chi connectivity index (χ0n) is 12.8. The maximum absolute atomic E-state index is 5.56. The SMILES string of the molecule is Cc1nsc(Sc2nnc(-c3ccco3)n2C2CCCCC2)n1. The monoisotopic (exact) mass is 347 g/mol. The van der Waals surface area contributed by atoms with Gasteiger partial charge in [-0.1, -0.05) is 19.3 Å². The van der Waals surface area contributed by atoms with Crippen molar-refractivity contribution < 1.29 is 4.42 Å². The highest BCUT2D eigenvalue weighted by atomic mass is 32.2. The number of aromatic nitrogens is 5. The van der Waals surface area contributed by atoms with E-state index < -0.39 is 0 Å². The molecule has 1 fully saturated rings. The molecule has 0 amide bonds. The summed E-state index contributed by atoms with van der Waals surface area (Å²) in [5, 5.41) is 9.67. The van der Waals surface area contributed by atoms with Gasteiger partial charge >= 0.3 is 0 Å². The van der Waals surface area contributed by atoms with E-state index in [-0.39, 0.29) is 0 Å². The summed E-state index contributed by atoms with van der Waals surface area (Å²) in [6, 6.07) is 4.25. The lowest BCUT2D eigenvalue weighted by atomic mass is 9.95. The molecule has 23 heavy (non-hydrogen) atoms. The van der Waals surface area contributed by atoms with Crippen LogP contribution in [0.1, 0.15) is 44.0 Å². The normalized spacial score (nSPS) is 16.0. The van der Waals surface area contributed by atoms with Crippen LogP contribution in [0, 0.1) is 6.92 Å². The van der Waals surface area contributed by atoms with Crippen molar-refractivity contribution in [1.82, 2.24) is 24.1 Å². The van der Waals surface area contributed by atoms with Crippen LogP contribution in [0.4, 0.5) is 0 Å². The molecule has 0 aromatic carbocycles. The van der Waals surface area contributed by atoms with Crippen molar-refractivity contribution in [2.24, 2.45) is 0 Å². The Morgan fingerprint density at radius 1 is 1.26 bits per heavy atom. The Kier molecular flexibility index (Phi) is 4.17. The van der Waals surface area contributed by atoms with Gasteiger partial charge in [-0.2, -0.15) is 4.37 Å². The first-order chi connectivity index (χ1) is 11.3. The van der Waals surface area contributed by atoms with Gasteiger partial charge in [0.1, 0.15) is 5.82 Å². The van der Waals surface area contributed by atoms with Crippen LogP contribution in [-0.4, -0.2) is 24.1 Å². The zero-order valence-corrected chi connectivity index (χ0v) is 14.4. The highest BCUT2D eigenvalue weighted by molar-refractivity contribution is 8.00. The van der Waals surface area contributed by atoms with Gasteiger partial charge in [-0.25, -0.2) is 4.98 Å². The number of furan rings is 1. The van der Waals surface area contributed by atoms with Crippen LogP contribution in [0.2, 0.25) is 0 Å². The highest BCUT2D eigenvalue weighted by Crippen LogP contribution is 2.37. The van der Waals surface area contributed by atoms with E-state index in [9.17, 15) is 0 Å². The van der Waals surface area contributed by atoms with Gasteiger partial charge in [-0.15, -0.1) is 10.2 Å². The van der Waals surface area contributed by atoms with Crippen LogP contribution in [0.3, 0.4) is 0 Å². The smallest absolute Gasteiger partial charge is 0.200 e. The van der Waals surface area contributed by atoms with E-state index >= 15 is 0 Å². The van der Waals surface area contributed by atoms with Crippen molar-refractivity contribution in [3.63, 3.8) is 0 Å². The molecule has 3 aromatic heterocycles. The van der Waals surface area contributed by atoms with Crippen molar-refractivity contribution in [1.29, 1.82) is 0 Å². The molecule has 0 spiro atoms. The maximum Gasteiger partial charge on any atom is 0.200 e. The van der Waals surface area contributed by atoms with E-state index in [2.05, 4.69) is 24.1 Å². The fraction of sp³-hybridized carbons (Fsp3) is 0.467. The Hall–Kier alpha value is -1.67. The summed E-state index contributed by atoms with van der Waals surface area (Å²) in [7, 11) is 0. The number of hydrogen-bond donors (Lipinski definition) is 0. The second-order valence-electron chi connectivity index (χ2n) is 5.65. The van der Waals surface area contributed by atoms with Crippen LogP contribution < -0.4 is 0 Å². The molecular formula is C15H17N5OS2. The van der Waals surface area contributed by atoms with E-state index in [4.69, 9.17) is 4.42 Å². The lowest BCUT2D eigenvalue weighted by molar-refractivity contribution is 0.337. The molecule has 0 N–H and O–H groups in total. The summed E-state index contributed by atoms with van der Waals surface area (Å²) in [6.45, 7) is 1.90. The van der Waals surface area contributed by atoms with Gasteiger partial charge in [0, 0.05) is 6.04 Å². The molecule has 1 aliphatic rings. The van der Waals surface area contributed by atoms with Crippen molar-refractivity contribution in [2.45, 2.75) is 54.6 Å². The Morgan fingerprint density at radius 2 is 2.13 bits per heavy atom. The molecule has 4 rings (SSSR count). The van der Waals surface area contributed by atoms with Crippen molar-refractivity contribution in [3.8, 4) is 11.6 Å². The van der Waals surface area contributed by atoms with Crippen molar-refractivity contribution in [3.05, 3.63) is 24.2 Å². The quantitative estimate of drug-likeness (QED) is 0.698. The van der Waals surface area contributed by atoms with Crippen LogP contribution in [0.15, 0.2) is 32.3 Å². The predicted octanol–water partition coefficient (Wildman–Crippen LogP) is 4.35. The van der Waals surface area contributed by atoms with E-state index in [1.54, 1.807) is 6.26 Å². The number of hydrogen-bond acceptors (Lipinski definition) is 7. The molecule has 3 aromatic rings. The van der Waals surface area contributed by atoms with Gasteiger partial charge in [0.15, 0.2) is 15.3 Å². The Morgan fingerprint density at radius 3 is 2.83 bits per heavy atom. The third-order valence-electron chi connectivity index (χ3n) is 4.03. The Labute approximate surface area is 142 Å². The minimum atomic E-state index is 0.426. The molecule has 8 heteroatoms.